The summed E-state index contributed by atoms with van der Waals surface area (Å²) in [6, 6.07) is 5.23. The van der Waals surface area contributed by atoms with E-state index in [1.165, 1.54) is 12.3 Å². The van der Waals surface area contributed by atoms with E-state index >= 15 is 0 Å². The Labute approximate surface area is 161 Å². The third-order valence-electron chi connectivity index (χ3n) is 5.63. The Morgan fingerprint density at radius 2 is 1.82 bits per heavy atom. The minimum absolute atomic E-state index is 0.196. The molecule has 2 bridgehead atoms. The summed E-state index contributed by atoms with van der Waals surface area (Å²) >= 11 is 0. The van der Waals surface area contributed by atoms with Crippen molar-refractivity contribution in [2.75, 3.05) is 5.32 Å². The van der Waals surface area contributed by atoms with E-state index in [1.54, 1.807) is 19.1 Å². The zero-order chi connectivity index (χ0) is 20.1. The number of amides is 2. The van der Waals surface area contributed by atoms with E-state index in [0.717, 1.165) is 25.5 Å². The number of nitrogens with zero attached hydrogens (tertiary/aromatic N) is 3. The van der Waals surface area contributed by atoms with Gasteiger partial charge in [-0.1, -0.05) is 13.0 Å². The van der Waals surface area contributed by atoms with Crippen LogP contribution in [0.5, 0.6) is 0 Å². The maximum absolute atomic E-state index is 13.3. The van der Waals surface area contributed by atoms with Crippen LogP contribution in [0, 0.1) is 12.8 Å². The van der Waals surface area contributed by atoms with Gasteiger partial charge < -0.3 is 10.2 Å². The van der Waals surface area contributed by atoms with Crippen molar-refractivity contribution in [2.45, 2.75) is 51.4 Å². The molecule has 2 aliphatic heterocycles. The third kappa shape index (κ3) is 3.31. The molecule has 2 aliphatic rings. The lowest BCUT2D eigenvalue weighted by atomic mass is 9.74. The number of alkyl halides is 3. The Hall–Kier alpha value is -2.64. The highest BCUT2D eigenvalue weighted by molar-refractivity contribution is 5.91. The molecule has 0 spiro atoms. The van der Waals surface area contributed by atoms with Crippen molar-refractivity contribution < 1.29 is 18.0 Å². The van der Waals surface area contributed by atoms with Gasteiger partial charge in [-0.05, 0) is 49.8 Å². The number of hydrogen-bond donors (Lipinski definition) is 1. The molecule has 28 heavy (non-hydrogen) atoms. The number of piperidine rings is 1. The number of fused-ring (bicyclic) bond motifs is 2. The molecule has 2 fully saturated rings. The molecule has 0 radical (unpaired) electrons. The first kappa shape index (κ1) is 18.7. The molecule has 5 nitrogen and oxygen atoms in total. The summed E-state index contributed by atoms with van der Waals surface area (Å²) < 4.78 is 40.0. The number of nitrogens with one attached hydrogen (secondary N) is 1. The first-order valence-corrected chi connectivity index (χ1v) is 9.32. The molecule has 0 saturated carbocycles. The second-order valence-corrected chi connectivity index (χ2v) is 7.74. The maximum Gasteiger partial charge on any atom is 0.435 e. The van der Waals surface area contributed by atoms with Gasteiger partial charge in [-0.3, -0.25) is 4.98 Å². The van der Waals surface area contributed by atoms with Crippen molar-refractivity contribution in [1.82, 2.24) is 14.9 Å². The fourth-order valence-electron chi connectivity index (χ4n) is 4.36. The Bertz CT molecular complexity index is 903. The Morgan fingerprint density at radius 1 is 1.14 bits per heavy atom. The highest BCUT2D eigenvalue weighted by Crippen LogP contribution is 2.41. The number of carbonyl (C=O) groups is 1. The van der Waals surface area contributed by atoms with Crippen molar-refractivity contribution in [2.24, 2.45) is 5.92 Å². The van der Waals surface area contributed by atoms with Gasteiger partial charge in [-0.25, -0.2) is 9.78 Å². The number of hydrogen-bond acceptors (Lipinski definition) is 3. The first-order chi connectivity index (χ1) is 13.2. The Kier molecular flexibility index (Phi) is 4.51. The van der Waals surface area contributed by atoms with E-state index in [1.807, 2.05) is 4.90 Å². The summed E-state index contributed by atoms with van der Waals surface area (Å²) in [7, 11) is 0. The van der Waals surface area contributed by atoms with Gasteiger partial charge in [-0.15, -0.1) is 0 Å². The van der Waals surface area contributed by atoms with E-state index in [2.05, 4.69) is 22.2 Å². The lowest BCUT2D eigenvalue weighted by molar-refractivity contribution is -0.140. The number of urea groups is 1. The number of rotatable bonds is 2. The maximum atomic E-state index is 13.3. The Balaban J connectivity index is 1.60. The van der Waals surface area contributed by atoms with E-state index in [9.17, 15) is 18.0 Å². The molecule has 1 aromatic heterocycles. The molecule has 4 rings (SSSR count). The summed E-state index contributed by atoms with van der Waals surface area (Å²) in [5.41, 5.74) is 0.0998. The molecule has 3 heterocycles. The van der Waals surface area contributed by atoms with E-state index in [-0.39, 0.29) is 23.8 Å². The molecule has 3 atom stereocenters. The number of carbonyl (C=O) groups excluding carboxylic acids is 1. The van der Waals surface area contributed by atoms with Crippen LogP contribution < -0.4 is 5.32 Å². The number of anilines is 1. The quantitative estimate of drug-likeness (QED) is 0.795. The monoisotopic (exact) mass is 390 g/mol. The molecule has 2 amide bonds. The van der Waals surface area contributed by atoms with Gasteiger partial charge in [0.1, 0.15) is 5.69 Å². The molecule has 1 aromatic carbocycles. The van der Waals surface area contributed by atoms with Crippen molar-refractivity contribution in [3.05, 3.63) is 41.9 Å². The van der Waals surface area contributed by atoms with Gasteiger partial charge in [0.05, 0.1) is 0 Å². The first-order valence-electron chi connectivity index (χ1n) is 9.32. The number of halogens is 3. The summed E-state index contributed by atoms with van der Waals surface area (Å²) in [5.74, 6) is 0.622. The Morgan fingerprint density at radius 3 is 2.50 bits per heavy atom. The van der Waals surface area contributed by atoms with Crippen LogP contribution in [0.2, 0.25) is 0 Å². The number of aromatic nitrogens is 2. The average molecular weight is 390 g/mol. The molecular formula is C20H21F3N4O. The highest BCUT2D eigenvalue weighted by atomic mass is 19.4. The molecule has 2 saturated heterocycles. The lowest BCUT2D eigenvalue weighted by Crippen LogP contribution is -2.63. The fraction of sp³-hybridized carbons (Fsp3) is 0.450. The minimum Gasteiger partial charge on any atom is -0.318 e. The summed E-state index contributed by atoms with van der Waals surface area (Å²) in [4.78, 5) is 21.9. The zero-order valence-corrected chi connectivity index (χ0v) is 15.6. The van der Waals surface area contributed by atoms with Crippen molar-refractivity contribution in [1.29, 1.82) is 0 Å². The summed E-state index contributed by atoms with van der Waals surface area (Å²) in [6.45, 7) is 3.90. The van der Waals surface area contributed by atoms with E-state index in [0.29, 0.717) is 22.7 Å². The number of aryl methyl sites for hydroxylation is 1. The van der Waals surface area contributed by atoms with Crippen LogP contribution in [0.15, 0.2) is 30.6 Å². The van der Waals surface area contributed by atoms with E-state index < -0.39 is 11.9 Å². The SMILES string of the molecule is Cc1ccc(NC(=O)N2C3CC(C)C[C@H]2C3)cc1-c1nccnc1C(F)(F)F. The predicted octanol–water partition coefficient (Wildman–Crippen LogP) is 4.88. The van der Waals surface area contributed by atoms with E-state index in [4.69, 9.17) is 0 Å². The number of benzene rings is 1. The predicted molar refractivity (Wildman–Crippen MR) is 98.7 cm³/mol. The fourth-order valence-corrected chi connectivity index (χ4v) is 4.36. The molecule has 8 heteroatoms. The molecule has 1 N–H and O–H groups in total. The van der Waals surface area contributed by atoms with Crippen LogP contribution in [0.25, 0.3) is 11.3 Å². The second kappa shape index (κ2) is 6.76. The van der Waals surface area contributed by atoms with Crippen LogP contribution in [0.4, 0.5) is 23.7 Å². The van der Waals surface area contributed by atoms with Gasteiger partial charge in [0.25, 0.3) is 0 Å². The standard InChI is InChI=1S/C20H21F3N4O/c1-11-7-14-10-15(8-11)27(14)19(28)26-13-4-3-12(2)16(9-13)17-18(20(21,22)23)25-6-5-24-17/h3-6,9,11,14-15H,7-8,10H2,1-2H3,(H,26,28)/t11?,14-,15?/m0/s1. The summed E-state index contributed by atoms with van der Waals surface area (Å²) in [5, 5.41) is 2.84. The minimum atomic E-state index is -4.61. The van der Waals surface area contributed by atoms with Gasteiger partial charge in [0, 0.05) is 35.7 Å². The third-order valence-corrected chi connectivity index (χ3v) is 5.63. The second-order valence-electron chi connectivity index (χ2n) is 7.74. The normalized spacial score (nSPS) is 23.9. The molecule has 0 aliphatic carbocycles. The molecule has 2 aromatic rings. The van der Waals surface area contributed by atoms with Gasteiger partial charge in [0.15, 0.2) is 5.69 Å². The molecule has 148 valence electrons. The van der Waals surface area contributed by atoms with Gasteiger partial charge in [0.2, 0.25) is 0 Å². The average Bonchev–Trinajstić information content (AvgIpc) is 2.62. The van der Waals surface area contributed by atoms with Gasteiger partial charge >= 0.3 is 12.2 Å². The topological polar surface area (TPSA) is 58.1 Å². The van der Waals surface area contributed by atoms with Gasteiger partial charge in [-0.2, -0.15) is 13.2 Å². The van der Waals surface area contributed by atoms with Crippen molar-refractivity contribution in [3.63, 3.8) is 0 Å². The molecule has 2 unspecified atom stereocenters. The van der Waals surface area contributed by atoms with Crippen molar-refractivity contribution >= 4 is 11.7 Å². The highest BCUT2D eigenvalue weighted by Gasteiger charge is 2.46. The van der Waals surface area contributed by atoms with Crippen molar-refractivity contribution in [3.8, 4) is 11.3 Å². The van der Waals surface area contributed by atoms with Crippen LogP contribution >= 0.6 is 0 Å². The lowest BCUT2D eigenvalue weighted by Gasteiger charge is -2.54. The van der Waals surface area contributed by atoms with Crippen LogP contribution in [-0.4, -0.2) is 33.0 Å². The van der Waals surface area contributed by atoms with Crippen LogP contribution in [0.1, 0.15) is 37.4 Å². The zero-order valence-electron chi connectivity index (χ0n) is 15.6. The largest absolute Gasteiger partial charge is 0.435 e. The molecular weight excluding hydrogens is 369 g/mol. The van der Waals surface area contributed by atoms with Crippen LogP contribution in [-0.2, 0) is 6.18 Å². The van der Waals surface area contributed by atoms with Crippen LogP contribution in [0.3, 0.4) is 0 Å². The smallest absolute Gasteiger partial charge is 0.318 e. The summed E-state index contributed by atoms with van der Waals surface area (Å²) in [6.07, 6.45) is 0.677.